The van der Waals surface area contributed by atoms with E-state index in [1.807, 2.05) is 12.3 Å². The van der Waals surface area contributed by atoms with Crippen LogP contribution in [0.2, 0.25) is 0 Å². The third kappa shape index (κ3) is 5.61. The van der Waals surface area contributed by atoms with E-state index in [-0.39, 0.29) is 4.90 Å². The third-order valence-corrected chi connectivity index (χ3v) is 6.87. The van der Waals surface area contributed by atoms with E-state index >= 15 is 0 Å². The van der Waals surface area contributed by atoms with Crippen LogP contribution in [0.4, 0.5) is 5.69 Å². The maximum absolute atomic E-state index is 12.6. The summed E-state index contributed by atoms with van der Waals surface area (Å²) in [5.41, 5.74) is 1.92. The zero-order chi connectivity index (χ0) is 23.4. The molecule has 1 atom stereocenters. The van der Waals surface area contributed by atoms with Crippen LogP contribution in [0.1, 0.15) is 12.0 Å². The molecule has 8 nitrogen and oxygen atoms in total. The number of ether oxygens (including phenoxy) is 1. The highest BCUT2D eigenvalue weighted by atomic mass is 32.2. The van der Waals surface area contributed by atoms with Gasteiger partial charge in [-0.2, -0.15) is 8.42 Å². The maximum Gasteiger partial charge on any atom is 0.283 e. The Kier molecular flexibility index (Phi) is 6.80. The lowest BCUT2D eigenvalue weighted by Gasteiger charge is -2.19. The molecule has 1 aliphatic heterocycles. The molecule has 1 fully saturated rings. The molecule has 0 amide bonds. The second-order valence-electron chi connectivity index (χ2n) is 8.44. The van der Waals surface area contributed by atoms with E-state index in [9.17, 15) is 8.42 Å². The molecule has 0 radical (unpaired) electrons. The number of nitrogens with one attached hydrogen (secondary N) is 1. The summed E-state index contributed by atoms with van der Waals surface area (Å²) in [7, 11) is 1.28. The van der Waals surface area contributed by atoms with Crippen molar-refractivity contribution in [1.82, 2.24) is 14.8 Å². The lowest BCUT2D eigenvalue weighted by Crippen LogP contribution is -2.26. The van der Waals surface area contributed by atoms with Gasteiger partial charge in [0.05, 0.1) is 12.0 Å². The van der Waals surface area contributed by atoms with Gasteiger partial charge >= 0.3 is 0 Å². The van der Waals surface area contributed by atoms with Gasteiger partial charge in [-0.3, -0.25) is 9.88 Å². The number of likely N-dealkylation sites (tertiary alicyclic amines) is 1. The highest BCUT2D eigenvalue weighted by molar-refractivity contribution is 7.90. The number of benzene rings is 2. The molecule has 0 aliphatic carbocycles. The van der Waals surface area contributed by atoms with Gasteiger partial charge in [0.1, 0.15) is 12.1 Å². The molecule has 4 rings (SSSR count). The summed E-state index contributed by atoms with van der Waals surface area (Å²) in [4.78, 5) is 8.22. The van der Waals surface area contributed by atoms with Crippen LogP contribution in [0.25, 0.3) is 10.8 Å². The molecule has 2 aromatic carbocycles. The topological polar surface area (TPSA) is 87.1 Å². The van der Waals surface area contributed by atoms with Crippen molar-refractivity contribution in [1.29, 1.82) is 0 Å². The highest BCUT2D eigenvalue weighted by Gasteiger charge is 2.24. The average Bonchev–Trinajstić information content (AvgIpc) is 3.24. The smallest absolute Gasteiger partial charge is 0.283 e. The Bertz CT molecular complexity index is 1260. The van der Waals surface area contributed by atoms with E-state index in [0.29, 0.717) is 18.3 Å². The number of sulfonamides is 1. The molecule has 174 valence electrons. The molecule has 0 bridgehead atoms. The molecular weight excluding hydrogens is 438 g/mol. The highest BCUT2D eigenvalue weighted by Crippen LogP contribution is 2.27. The zero-order valence-electron chi connectivity index (χ0n) is 19.1. The van der Waals surface area contributed by atoms with Crippen molar-refractivity contribution in [3.63, 3.8) is 0 Å². The number of anilines is 1. The van der Waals surface area contributed by atoms with Gasteiger partial charge in [0.2, 0.25) is 0 Å². The van der Waals surface area contributed by atoms with Gasteiger partial charge in [-0.15, -0.1) is 4.40 Å². The number of aromatic nitrogens is 1. The SMILES string of the molecule is COc1ccc(S(=O)(=O)N=CN(C)C)cc1CN1CC[C@@H](Nc2ccc3cnccc3c2)C1. The molecule has 1 N–H and O–H groups in total. The minimum atomic E-state index is -3.77. The largest absolute Gasteiger partial charge is 0.496 e. The summed E-state index contributed by atoms with van der Waals surface area (Å²) in [6, 6.07) is 13.5. The van der Waals surface area contributed by atoms with Crippen molar-refractivity contribution < 1.29 is 13.2 Å². The summed E-state index contributed by atoms with van der Waals surface area (Å²) in [6.45, 7) is 2.37. The summed E-state index contributed by atoms with van der Waals surface area (Å²) < 4.78 is 34.4. The fraction of sp³-hybridized carbons (Fsp3) is 0.333. The number of methoxy groups -OCH3 is 1. The maximum atomic E-state index is 12.6. The molecule has 1 aliphatic rings. The van der Waals surface area contributed by atoms with E-state index in [1.54, 1.807) is 44.4 Å². The Hall–Kier alpha value is -3.17. The normalized spacial score (nSPS) is 17.0. The Balaban J connectivity index is 1.45. The predicted molar refractivity (Wildman–Crippen MR) is 131 cm³/mol. The van der Waals surface area contributed by atoms with E-state index in [0.717, 1.165) is 41.5 Å². The summed E-state index contributed by atoms with van der Waals surface area (Å²) in [5, 5.41) is 5.90. The van der Waals surface area contributed by atoms with E-state index in [2.05, 4.69) is 37.8 Å². The number of nitrogens with zero attached hydrogens (tertiary/aromatic N) is 4. The van der Waals surface area contributed by atoms with Crippen LogP contribution in [-0.4, -0.2) is 69.9 Å². The van der Waals surface area contributed by atoms with Crippen LogP contribution < -0.4 is 10.1 Å². The van der Waals surface area contributed by atoms with Gasteiger partial charge < -0.3 is 15.0 Å². The molecule has 3 aromatic rings. The molecule has 0 spiro atoms. The fourth-order valence-electron chi connectivity index (χ4n) is 4.00. The summed E-state index contributed by atoms with van der Waals surface area (Å²) in [5.74, 6) is 0.671. The van der Waals surface area contributed by atoms with Gasteiger partial charge in [0, 0.05) is 68.8 Å². The Labute approximate surface area is 195 Å². The molecule has 1 aromatic heterocycles. The fourth-order valence-corrected chi connectivity index (χ4v) is 4.97. The van der Waals surface area contributed by atoms with Gasteiger partial charge in [0.25, 0.3) is 10.0 Å². The number of rotatable bonds is 8. The molecule has 1 saturated heterocycles. The van der Waals surface area contributed by atoms with Crippen LogP contribution in [0.15, 0.2) is 64.2 Å². The molecule has 33 heavy (non-hydrogen) atoms. The van der Waals surface area contributed by atoms with E-state index < -0.39 is 10.0 Å². The molecule has 9 heteroatoms. The quantitative estimate of drug-likeness (QED) is 0.402. The summed E-state index contributed by atoms with van der Waals surface area (Å²) >= 11 is 0. The first-order chi connectivity index (χ1) is 15.8. The van der Waals surface area contributed by atoms with Crippen molar-refractivity contribution in [2.45, 2.75) is 23.9 Å². The minimum absolute atomic E-state index is 0.163. The van der Waals surface area contributed by atoms with E-state index in [4.69, 9.17) is 4.74 Å². The van der Waals surface area contributed by atoms with Gasteiger partial charge in [-0.25, -0.2) is 0 Å². The molecular formula is C24H29N5O3S. The van der Waals surface area contributed by atoms with Crippen LogP contribution in [-0.2, 0) is 16.6 Å². The van der Waals surface area contributed by atoms with Gasteiger partial charge in [-0.05, 0) is 48.2 Å². The van der Waals surface area contributed by atoms with Gasteiger partial charge in [-0.1, -0.05) is 6.07 Å². The number of hydrogen-bond acceptors (Lipinski definition) is 6. The van der Waals surface area contributed by atoms with Crippen molar-refractivity contribution in [3.05, 3.63) is 60.4 Å². The molecule has 0 unspecified atom stereocenters. The minimum Gasteiger partial charge on any atom is -0.496 e. The standard InChI is InChI=1S/C24H29N5O3S/c1-28(2)17-26-33(30,31)23-6-7-24(32-3)20(13-23)15-29-11-9-22(16-29)27-21-5-4-19-14-25-10-8-18(19)12-21/h4-8,10,12-14,17,22,27H,9,11,15-16H2,1-3H3/t22-/m1/s1. The second-order valence-corrected chi connectivity index (χ2v) is 10.1. The lowest BCUT2D eigenvalue weighted by atomic mass is 10.1. The Morgan fingerprint density at radius 3 is 2.85 bits per heavy atom. The van der Waals surface area contributed by atoms with Crippen molar-refractivity contribution in [2.24, 2.45) is 4.40 Å². The second kappa shape index (κ2) is 9.76. The van der Waals surface area contributed by atoms with Crippen LogP contribution in [0, 0.1) is 0 Å². The van der Waals surface area contributed by atoms with Crippen molar-refractivity contribution in [3.8, 4) is 5.75 Å². The average molecular weight is 468 g/mol. The first-order valence-electron chi connectivity index (χ1n) is 10.8. The van der Waals surface area contributed by atoms with Gasteiger partial charge in [0.15, 0.2) is 0 Å². The summed E-state index contributed by atoms with van der Waals surface area (Å²) in [6.07, 6.45) is 5.96. The van der Waals surface area contributed by atoms with Crippen LogP contribution in [0.5, 0.6) is 5.75 Å². The van der Waals surface area contributed by atoms with Crippen molar-refractivity contribution >= 4 is 32.8 Å². The van der Waals surface area contributed by atoms with E-state index in [1.165, 1.54) is 12.4 Å². The molecule has 2 heterocycles. The van der Waals surface area contributed by atoms with Crippen LogP contribution >= 0.6 is 0 Å². The molecule has 0 saturated carbocycles. The first-order valence-corrected chi connectivity index (χ1v) is 12.2. The zero-order valence-corrected chi connectivity index (χ0v) is 19.9. The number of hydrogen-bond donors (Lipinski definition) is 1. The first kappa shape index (κ1) is 23.0. The van der Waals surface area contributed by atoms with Crippen LogP contribution in [0.3, 0.4) is 0 Å². The predicted octanol–water partition coefficient (Wildman–Crippen LogP) is 3.21. The monoisotopic (exact) mass is 467 g/mol. The Morgan fingerprint density at radius 2 is 2.06 bits per heavy atom. The third-order valence-electron chi connectivity index (χ3n) is 5.64. The number of pyridine rings is 1. The Morgan fingerprint density at radius 1 is 1.21 bits per heavy atom. The lowest BCUT2D eigenvalue weighted by molar-refractivity contribution is 0.318. The number of fused-ring (bicyclic) bond motifs is 1. The van der Waals surface area contributed by atoms with Crippen molar-refractivity contribution in [2.75, 3.05) is 39.6 Å².